The monoisotopic (exact) mass is 771 g/mol. The SMILES string of the molecule is COCCOCCOCC(=O)NCCCCCCCCCCNC(=O)[C@]12CCC(C)(C)C[C@H]1C1=CC[C@@H]3[C@@]4(C)CC[C@H](O)C(C)(C)[C@@H]4CC[C@@]3(C)[C@]1(C)CC2. The van der Waals surface area contributed by atoms with Crippen LogP contribution in [0.15, 0.2) is 11.6 Å². The number of fused-ring (bicyclic) bond motifs is 7. The second kappa shape index (κ2) is 18.6. The van der Waals surface area contributed by atoms with E-state index in [9.17, 15) is 14.7 Å². The minimum absolute atomic E-state index is 0.0359. The van der Waals surface area contributed by atoms with Crippen molar-refractivity contribution in [3.05, 3.63) is 11.6 Å². The molecule has 8 heteroatoms. The van der Waals surface area contributed by atoms with Crippen molar-refractivity contribution >= 4 is 11.8 Å². The summed E-state index contributed by atoms with van der Waals surface area (Å²) in [6.45, 7) is 21.0. The van der Waals surface area contributed by atoms with Crippen molar-refractivity contribution < 1.29 is 28.9 Å². The van der Waals surface area contributed by atoms with Gasteiger partial charge in [-0.1, -0.05) is 98.6 Å². The number of methoxy groups -OCH3 is 1. The summed E-state index contributed by atoms with van der Waals surface area (Å²) in [5.41, 5.74) is 2.17. The van der Waals surface area contributed by atoms with Crippen molar-refractivity contribution in [1.82, 2.24) is 10.6 Å². The molecule has 0 saturated heterocycles. The summed E-state index contributed by atoms with van der Waals surface area (Å²) in [7, 11) is 1.64. The van der Waals surface area contributed by atoms with Crippen molar-refractivity contribution in [2.45, 2.75) is 170 Å². The Morgan fingerprint density at radius 3 is 2.04 bits per heavy atom. The Bertz CT molecular complexity index is 1310. The van der Waals surface area contributed by atoms with Crippen LogP contribution in [0.25, 0.3) is 0 Å². The molecule has 0 radical (unpaired) electrons. The average Bonchev–Trinajstić information content (AvgIpc) is 3.13. The van der Waals surface area contributed by atoms with Gasteiger partial charge >= 0.3 is 0 Å². The smallest absolute Gasteiger partial charge is 0.245 e. The van der Waals surface area contributed by atoms with Crippen molar-refractivity contribution in [3.63, 3.8) is 0 Å². The Kier molecular flexibility index (Phi) is 15.1. The summed E-state index contributed by atoms with van der Waals surface area (Å²) >= 11 is 0. The molecule has 0 heterocycles. The second-order valence-electron chi connectivity index (χ2n) is 20.8. The molecule has 55 heavy (non-hydrogen) atoms. The normalized spacial score (nSPS) is 36.1. The van der Waals surface area contributed by atoms with Crippen LogP contribution in [-0.4, -0.2) is 76.3 Å². The van der Waals surface area contributed by atoms with Crippen LogP contribution in [-0.2, 0) is 23.8 Å². The third-order valence-corrected chi connectivity index (χ3v) is 16.8. The maximum atomic E-state index is 14.5. The van der Waals surface area contributed by atoms with Gasteiger partial charge in [0.1, 0.15) is 6.61 Å². The number of unbranched alkanes of at least 4 members (excludes halogenated alkanes) is 7. The van der Waals surface area contributed by atoms with Gasteiger partial charge in [-0.15, -0.1) is 0 Å². The molecule has 8 atom stereocenters. The maximum absolute atomic E-state index is 14.5. The number of amides is 2. The van der Waals surface area contributed by atoms with Crippen LogP contribution in [0.1, 0.15) is 164 Å². The van der Waals surface area contributed by atoms with Gasteiger partial charge in [0, 0.05) is 20.2 Å². The van der Waals surface area contributed by atoms with E-state index >= 15 is 0 Å². The molecule has 316 valence electrons. The summed E-state index contributed by atoms with van der Waals surface area (Å²) in [5, 5.41) is 17.6. The van der Waals surface area contributed by atoms with Gasteiger partial charge in [-0.05, 0) is 122 Å². The van der Waals surface area contributed by atoms with E-state index in [4.69, 9.17) is 14.2 Å². The Hall–Kier alpha value is -1.48. The lowest BCUT2D eigenvalue weighted by Gasteiger charge is -2.71. The first kappa shape index (κ1) is 44.6. The number of allylic oxidation sites excluding steroid dienone is 2. The molecular weight excluding hydrogens is 689 g/mol. The molecule has 0 aromatic heterocycles. The van der Waals surface area contributed by atoms with Crippen molar-refractivity contribution in [1.29, 1.82) is 0 Å². The largest absolute Gasteiger partial charge is 0.393 e. The number of hydrogen-bond donors (Lipinski definition) is 3. The minimum atomic E-state index is -0.270. The topological polar surface area (TPSA) is 106 Å². The molecule has 4 fully saturated rings. The minimum Gasteiger partial charge on any atom is -0.393 e. The highest BCUT2D eigenvalue weighted by Crippen LogP contribution is 2.75. The number of nitrogens with one attached hydrogen (secondary N) is 2. The first-order valence-electron chi connectivity index (χ1n) is 22.7. The fourth-order valence-corrected chi connectivity index (χ4v) is 13.1. The zero-order valence-corrected chi connectivity index (χ0v) is 36.6. The second-order valence-corrected chi connectivity index (χ2v) is 20.8. The summed E-state index contributed by atoms with van der Waals surface area (Å²) in [5.74, 6) is 1.79. The third kappa shape index (κ3) is 9.38. The van der Waals surface area contributed by atoms with E-state index in [1.54, 1.807) is 12.7 Å². The van der Waals surface area contributed by atoms with Crippen LogP contribution in [0.2, 0.25) is 0 Å². The lowest BCUT2D eigenvalue weighted by molar-refractivity contribution is -0.203. The first-order chi connectivity index (χ1) is 26.1. The van der Waals surface area contributed by atoms with Gasteiger partial charge in [-0.3, -0.25) is 9.59 Å². The Morgan fingerprint density at radius 1 is 0.727 bits per heavy atom. The van der Waals surface area contributed by atoms with Crippen LogP contribution >= 0.6 is 0 Å². The molecule has 0 bridgehead atoms. The molecule has 5 aliphatic carbocycles. The molecular formula is C47H82N2O6. The molecule has 0 aromatic carbocycles. The number of rotatable bonds is 20. The average molecular weight is 771 g/mol. The van der Waals surface area contributed by atoms with Crippen molar-refractivity contribution in [2.75, 3.05) is 53.2 Å². The molecule has 5 aliphatic rings. The zero-order valence-electron chi connectivity index (χ0n) is 36.6. The van der Waals surface area contributed by atoms with E-state index in [1.807, 2.05) is 0 Å². The third-order valence-electron chi connectivity index (χ3n) is 16.8. The van der Waals surface area contributed by atoms with Crippen LogP contribution in [0, 0.1) is 50.2 Å². The molecule has 2 amide bonds. The molecule has 8 nitrogen and oxygen atoms in total. The number of aliphatic hydroxyl groups excluding tert-OH is 1. The Morgan fingerprint density at radius 2 is 1.35 bits per heavy atom. The van der Waals surface area contributed by atoms with Crippen LogP contribution in [0.4, 0.5) is 0 Å². The van der Waals surface area contributed by atoms with Gasteiger partial charge in [-0.2, -0.15) is 0 Å². The van der Waals surface area contributed by atoms with Crippen LogP contribution in [0.5, 0.6) is 0 Å². The zero-order chi connectivity index (χ0) is 40.0. The highest BCUT2D eigenvalue weighted by molar-refractivity contribution is 5.84. The van der Waals surface area contributed by atoms with E-state index < -0.39 is 0 Å². The first-order valence-corrected chi connectivity index (χ1v) is 22.7. The van der Waals surface area contributed by atoms with E-state index in [0.29, 0.717) is 56.6 Å². The van der Waals surface area contributed by atoms with E-state index in [1.165, 1.54) is 38.5 Å². The van der Waals surface area contributed by atoms with Crippen LogP contribution < -0.4 is 10.6 Å². The predicted octanol–water partition coefficient (Wildman–Crippen LogP) is 9.18. The molecule has 0 spiro atoms. The van der Waals surface area contributed by atoms with Gasteiger partial charge in [-0.25, -0.2) is 0 Å². The Labute approximate surface area is 335 Å². The lowest BCUT2D eigenvalue weighted by Crippen LogP contribution is -2.65. The summed E-state index contributed by atoms with van der Waals surface area (Å²) in [6.07, 6.45) is 22.7. The molecule has 5 rings (SSSR count). The molecule has 0 aromatic rings. The lowest BCUT2D eigenvalue weighted by atomic mass is 9.33. The van der Waals surface area contributed by atoms with Gasteiger partial charge in [0.2, 0.25) is 11.8 Å². The van der Waals surface area contributed by atoms with E-state index in [2.05, 4.69) is 65.2 Å². The summed E-state index contributed by atoms with van der Waals surface area (Å²) in [4.78, 5) is 26.4. The predicted molar refractivity (Wildman–Crippen MR) is 222 cm³/mol. The number of carbonyl (C=O) groups is 2. The molecule has 0 aliphatic heterocycles. The number of aliphatic hydroxyl groups is 1. The highest BCUT2D eigenvalue weighted by atomic mass is 16.5. The summed E-state index contributed by atoms with van der Waals surface area (Å²) in [6, 6.07) is 0. The standard InChI is InChI=1S/C47H82N2O6/c1-42(2)23-25-47(41(52)49-28-16-14-12-10-9-11-13-15-27-48-40(51)34-55-32-31-54-30-29-53-8)26-24-45(6)35(36(47)33-42)17-18-38-44(5)21-20-39(50)43(3,4)37(44)19-22-46(38,45)7/h17,36-39,50H,9-16,18-34H2,1-8H3,(H,48,51)(H,49,52)/t36-,37-,38+,39-,44-,45+,46+,47-/m0/s1. The fourth-order valence-electron chi connectivity index (χ4n) is 13.1. The molecule has 4 saturated carbocycles. The van der Waals surface area contributed by atoms with Crippen LogP contribution in [0.3, 0.4) is 0 Å². The van der Waals surface area contributed by atoms with Gasteiger partial charge in [0.15, 0.2) is 0 Å². The number of hydrogen-bond acceptors (Lipinski definition) is 6. The van der Waals surface area contributed by atoms with E-state index in [0.717, 1.165) is 83.6 Å². The quantitative estimate of drug-likeness (QED) is 0.0843. The maximum Gasteiger partial charge on any atom is 0.245 e. The van der Waals surface area contributed by atoms with Crippen molar-refractivity contribution in [3.8, 4) is 0 Å². The highest BCUT2D eigenvalue weighted by Gasteiger charge is 2.69. The van der Waals surface area contributed by atoms with Gasteiger partial charge < -0.3 is 30.0 Å². The van der Waals surface area contributed by atoms with E-state index in [-0.39, 0.29) is 51.1 Å². The van der Waals surface area contributed by atoms with Gasteiger partial charge in [0.05, 0.1) is 37.9 Å². The number of ether oxygens (including phenoxy) is 3. The number of carbonyl (C=O) groups excluding carboxylic acids is 2. The van der Waals surface area contributed by atoms with Crippen molar-refractivity contribution in [2.24, 2.45) is 50.2 Å². The Balaban J connectivity index is 1.05. The molecule has 3 N–H and O–H groups in total. The fraction of sp³-hybridized carbons (Fsp3) is 0.915. The van der Waals surface area contributed by atoms with Gasteiger partial charge in [0.25, 0.3) is 0 Å². The molecule has 0 unspecified atom stereocenters. The summed E-state index contributed by atoms with van der Waals surface area (Å²) < 4.78 is 15.6.